The molecule has 0 saturated heterocycles. The van der Waals surface area contributed by atoms with Gasteiger partial charge >= 0.3 is 0 Å². The molecule has 0 aliphatic heterocycles. The second-order valence-corrected chi connectivity index (χ2v) is 9.55. The maximum Gasteiger partial charge on any atom is 0.258 e. The average Bonchev–Trinajstić information content (AvgIpc) is 3.41. The summed E-state index contributed by atoms with van der Waals surface area (Å²) in [6.45, 7) is 1.74. The van der Waals surface area contributed by atoms with E-state index in [4.69, 9.17) is 14.2 Å². The Morgan fingerprint density at radius 1 is 0.825 bits per heavy atom. The fourth-order valence-electron chi connectivity index (χ4n) is 4.74. The van der Waals surface area contributed by atoms with Crippen LogP contribution in [0.1, 0.15) is 27.9 Å². The van der Waals surface area contributed by atoms with E-state index in [-0.39, 0.29) is 18.4 Å². The van der Waals surface area contributed by atoms with Gasteiger partial charge in [-0.05, 0) is 54.3 Å². The highest BCUT2D eigenvalue weighted by Crippen LogP contribution is 2.22. The maximum atomic E-state index is 13.9. The van der Waals surface area contributed by atoms with Gasteiger partial charge in [-0.2, -0.15) is 0 Å². The van der Waals surface area contributed by atoms with Crippen LogP contribution in [0.25, 0.3) is 10.9 Å². The van der Waals surface area contributed by atoms with Gasteiger partial charge in [0.1, 0.15) is 18.0 Å². The van der Waals surface area contributed by atoms with Crippen LogP contribution < -0.4 is 9.47 Å². The summed E-state index contributed by atoms with van der Waals surface area (Å²) in [5, 5.41) is 1.15. The molecule has 3 aromatic carbocycles. The van der Waals surface area contributed by atoms with Gasteiger partial charge in [0.25, 0.3) is 5.91 Å². The number of carbonyl (C=O) groups is 2. The minimum absolute atomic E-state index is 0.0510. The second-order valence-electron chi connectivity index (χ2n) is 9.55. The summed E-state index contributed by atoms with van der Waals surface area (Å²) < 4.78 is 15.9. The van der Waals surface area contributed by atoms with E-state index in [0.717, 1.165) is 27.8 Å². The molecule has 0 unspecified atom stereocenters. The number of hydrogen-bond donors (Lipinski definition) is 1. The number of nitrogens with one attached hydrogen (secondary N) is 1. The molecule has 0 spiro atoms. The van der Waals surface area contributed by atoms with E-state index < -0.39 is 0 Å². The second kappa shape index (κ2) is 14.2. The van der Waals surface area contributed by atoms with Crippen molar-refractivity contribution in [2.45, 2.75) is 19.4 Å². The van der Waals surface area contributed by atoms with Crippen molar-refractivity contribution >= 4 is 22.7 Å². The summed E-state index contributed by atoms with van der Waals surface area (Å²) in [6, 6.07) is 22.9. The Balaban J connectivity index is 1.56. The van der Waals surface area contributed by atoms with E-state index in [1.54, 1.807) is 37.3 Å². The van der Waals surface area contributed by atoms with E-state index in [1.165, 1.54) is 7.11 Å². The first kappa shape index (κ1) is 28.7. The van der Waals surface area contributed by atoms with Crippen LogP contribution in [0, 0.1) is 0 Å². The lowest BCUT2D eigenvalue weighted by Gasteiger charge is -2.28. The van der Waals surface area contributed by atoms with Gasteiger partial charge in [0, 0.05) is 50.5 Å². The Kier molecular flexibility index (Phi) is 10.2. The summed E-state index contributed by atoms with van der Waals surface area (Å²) in [6.07, 6.45) is 3.29. The van der Waals surface area contributed by atoms with Crippen molar-refractivity contribution in [2.75, 3.05) is 47.6 Å². The molecule has 0 bridgehead atoms. The van der Waals surface area contributed by atoms with Crippen molar-refractivity contribution in [3.05, 3.63) is 95.7 Å². The average molecular weight is 544 g/mol. The number of fused-ring (bicyclic) bond motifs is 1. The predicted molar refractivity (Wildman–Crippen MR) is 156 cm³/mol. The summed E-state index contributed by atoms with van der Waals surface area (Å²) in [5.41, 5.74) is 3.62. The van der Waals surface area contributed by atoms with Crippen LogP contribution in [-0.2, 0) is 22.5 Å². The zero-order chi connectivity index (χ0) is 28.3. The number of para-hydroxylation sites is 2. The minimum Gasteiger partial charge on any atom is -0.497 e. The Morgan fingerprint density at radius 3 is 2.33 bits per heavy atom. The molecule has 1 heterocycles. The van der Waals surface area contributed by atoms with Gasteiger partial charge < -0.3 is 29.0 Å². The fraction of sp³-hybridized carbons (Fsp3) is 0.312. The first-order valence-electron chi connectivity index (χ1n) is 13.4. The van der Waals surface area contributed by atoms with Gasteiger partial charge in [0.2, 0.25) is 5.91 Å². The van der Waals surface area contributed by atoms with Crippen LogP contribution >= 0.6 is 0 Å². The highest BCUT2D eigenvalue weighted by atomic mass is 16.5. The molecule has 4 rings (SSSR count). The normalized spacial score (nSPS) is 10.9. The molecule has 0 aliphatic carbocycles. The predicted octanol–water partition coefficient (Wildman–Crippen LogP) is 4.94. The van der Waals surface area contributed by atoms with E-state index in [9.17, 15) is 9.59 Å². The Morgan fingerprint density at radius 2 is 1.57 bits per heavy atom. The third-order valence-corrected chi connectivity index (χ3v) is 6.94. The molecule has 1 aromatic heterocycles. The number of nitrogens with zero attached hydrogens (tertiary/aromatic N) is 2. The van der Waals surface area contributed by atoms with Crippen molar-refractivity contribution in [1.82, 2.24) is 14.8 Å². The lowest BCUT2D eigenvalue weighted by molar-refractivity contribution is -0.132. The van der Waals surface area contributed by atoms with Gasteiger partial charge in [-0.25, -0.2) is 0 Å². The number of ether oxygens (including phenoxy) is 3. The van der Waals surface area contributed by atoms with Gasteiger partial charge in [0.15, 0.2) is 0 Å². The molecule has 0 radical (unpaired) electrons. The number of aromatic nitrogens is 1. The molecule has 4 aromatic rings. The maximum absolute atomic E-state index is 13.9. The number of rotatable bonds is 14. The SMILES string of the molecule is COCCCN(CC(=O)N(CCc1c[nH]c2ccccc12)Cc1ccc(OC)cc1)C(=O)c1ccccc1OC. The quantitative estimate of drug-likeness (QED) is 0.228. The number of amides is 2. The number of hydrogen-bond acceptors (Lipinski definition) is 5. The smallest absolute Gasteiger partial charge is 0.258 e. The molecule has 0 saturated carbocycles. The van der Waals surface area contributed by atoms with E-state index in [2.05, 4.69) is 11.1 Å². The fourth-order valence-corrected chi connectivity index (χ4v) is 4.74. The molecular formula is C32H37N3O5. The molecule has 1 N–H and O–H groups in total. The van der Waals surface area contributed by atoms with Crippen LogP contribution in [0.2, 0.25) is 0 Å². The van der Waals surface area contributed by atoms with Crippen molar-refractivity contribution in [1.29, 1.82) is 0 Å². The van der Waals surface area contributed by atoms with E-state index in [0.29, 0.717) is 50.4 Å². The molecule has 8 heteroatoms. The molecule has 40 heavy (non-hydrogen) atoms. The number of carbonyl (C=O) groups excluding carboxylic acids is 2. The van der Waals surface area contributed by atoms with E-state index >= 15 is 0 Å². The van der Waals surface area contributed by atoms with Gasteiger partial charge in [0.05, 0.1) is 19.8 Å². The zero-order valence-electron chi connectivity index (χ0n) is 23.4. The topological polar surface area (TPSA) is 84.1 Å². The Labute approximate surface area is 235 Å². The van der Waals surface area contributed by atoms with Crippen molar-refractivity contribution in [2.24, 2.45) is 0 Å². The number of benzene rings is 3. The first-order valence-corrected chi connectivity index (χ1v) is 13.4. The molecule has 8 nitrogen and oxygen atoms in total. The molecule has 0 aliphatic rings. The van der Waals surface area contributed by atoms with Crippen molar-refractivity contribution in [3.8, 4) is 11.5 Å². The van der Waals surface area contributed by atoms with E-state index in [1.807, 2.05) is 59.6 Å². The lowest BCUT2D eigenvalue weighted by Crippen LogP contribution is -2.44. The van der Waals surface area contributed by atoms with Crippen LogP contribution in [-0.4, -0.2) is 74.2 Å². The Bertz CT molecular complexity index is 1400. The molecular weight excluding hydrogens is 506 g/mol. The number of aromatic amines is 1. The van der Waals surface area contributed by atoms with Crippen LogP contribution in [0.15, 0.2) is 79.0 Å². The Hall–Kier alpha value is -4.30. The highest BCUT2D eigenvalue weighted by molar-refractivity contribution is 5.98. The highest BCUT2D eigenvalue weighted by Gasteiger charge is 2.24. The third-order valence-electron chi connectivity index (χ3n) is 6.94. The van der Waals surface area contributed by atoms with Crippen LogP contribution in [0.4, 0.5) is 0 Å². The van der Waals surface area contributed by atoms with Crippen molar-refractivity contribution in [3.63, 3.8) is 0 Å². The largest absolute Gasteiger partial charge is 0.497 e. The van der Waals surface area contributed by atoms with Gasteiger partial charge in [-0.1, -0.05) is 42.5 Å². The first-order chi connectivity index (χ1) is 19.5. The van der Waals surface area contributed by atoms with Crippen LogP contribution in [0.5, 0.6) is 11.5 Å². The summed E-state index contributed by atoms with van der Waals surface area (Å²) in [5.74, 6) is 0.859. The number of H-pyrrole nitrogens is 1. The summed E-state index contributed by atoms with van der Waals surface area (Å²) in [7, 11) is 4.79. The molecule has 0 atom stereocenters. The minimum atomic E-state index is -0.247. The van der Waals surface area contributed by atoms with Gasteiger partial charge in [-0.3, -0.25) is 9.59 Å². The van der Waals surface area contributed by atoms with Crippen molar-refractivity contribution < 1.29 is 23.8 Å². The summed E-state index contributed by atoms with van der Waals surface area (Å²) in [4.78, 5) is 34.2. The monoisotopic (exact) mass is 543 g/mol. The van der Waals surface area contributed by atoms with Crippen LogP contribution in [0.3, 0.4) is 0 Å². The standard InChI is InChI=1S/C32H37N3O5/c1-38-20-8-18-35(32(37)28-10-5-7-12-30(28)40-3)23-31(36)34(22-24-13-15-26(39-2)16-14-24)19-17-25-21-33-29-11-6-4-9-27(25)29/h4-7,9-16,21,33H,8,17-20,22-23H2,1-3H3. The lowest BCUT2D eigenvalue weighted by atomic mass is 10.1. The zero-order valence-corrected chi connectivity index (χ0v) is 23.4. The number of methoxy groups -OCH3 is 3. The molecule has 2 amide bonds. The third kappa shape index (κ3) is 7.21. The molecule has 0 fully saturated rings. The van der Waals surface area contributed by atoms with Gasteiger partial charge in [-0.15, -0.1) is 0 Å². The molecule has 210 valence electrons. The summed E-state index contributed by atoms with van der Waals surface area (Å²) >= 11 is 0.